The number of nitrogens with one attached hydrogen (secondary N) is 1. The quantitative estimate of drug-likeness (QED) is 0.813. The second kappa shape index (κ2) is 8.53. The highest BCUT2D eigenvalue weighted by atomic mass is 16.3. The smallest absolute Gasteiger partial charge is 0.220 e. The minimum Gasteiger partial charge on any atom is -0.468 e. The summed E-state index contributed by atoms with van der Waals surface area (Å²) in [6, 6.07) is 12.4. The normalized spacial score (nSPS) is 12.3. The highest BCUT2D eigenvalue weighted by Gasteiger charge is 2.17. The maximum atomic E-state index is 12.0. The number of hydrogen-bond acceptors (Lipinski definition) is 3. The summed E-state index contributed by atoms with van der Waals surface area (Å²) in [5.74, 6) is 0.963. The first-order chi connectivity index (χ1) is 11.1. The van der Waals surface area contributed by atoms with E-state index < -0.39 is 0 Å². The zero-order valence-corrected chi connectivity index (χ0v) is 14.2. The highest BCUT2D eigenvalue weighted by molar-refractivity contribution is 5.75. The maximum Gasteiger partial charge on any atom is 0.220 e. The Labute approximate surface area is 138 Å². The van der Waals surface area contributed by atoms with Gasteiger partial charge in [-0.25, -0.2) is 0 Å². The van der Waals surface area contributed by atoms with Crippen LogP contribution in [0.1, 0.15) is 35.8 Å². The molecule has 0 fully saturated rings. The number of carbonyl (C=O) groups excluding carboxylic acids is 1. The molecule has 1 heterocycles. The lowest BCUT2D eigenvalue weighted by molar-refractivity contribution is -0.121. The van der Waals surface area contributed by atoms with Gasteiger partial charge in [0.05, 0.1) is 12.3 Å². The third kappa shape index (κ3) is 5.57. The number of likely N-dealkylation sites (N-methyl/N-ethyl adjacent to an activating group) is 1. The fourth-order valence-corrected chi connectivity index (χ4v) is 2.53. The molecule has 2 rings (SSSR count). The van der Waals surface area contributed by atoms with E-state index >= 15 is 0 Å². The van der Waals surface area contributed by atoms with Gasteiger partial charge in [-0.1, -0.05) is 29.8 Å². The Balaban J connectivity index is 1.73. The van der Waals surface area contributed by atoms with Crippen LogP contribution in [0.2, 0.25) is 0 Å². The Morgan fingerprint density at radius 3 is 2.57 bits per heavy atom. The molecule has 0 aliphatic carbocycles. The van der Waals surface area contributed by atoms with Gasteiger partial charge in [0.1, 0.15) is 5.76 Å². The van der Waals surface area contributed by atoms with Crippen molar-refractivity contribution in [2.45, 2.75) is 32.2 Å². The largest absolute Gasteiger partial charge is 0.468 e. The van der Waals surface area contributed by atoms with Crippen molar-refractivity contribution < 1.29 is 9.21 Å². The Hall–Kier alpha value is -2.07. The molecule has 1 N–H and O–H groups in total. The zero-order valence-electron chi connectivity index (χ0n) is 14.2. The second-order valence-electron chi connectivity index (χ2n) is 6.14. The molecule has 124 valence electrons. The van der Waals surface area contributed by atoms with Crippen LogP contribution in [0.5, 0.6) is 0 Å². The van der Waals surface area contributed by atoms with Crippen LogP contribution in [0.25, 0.3) is 0 Å². The first-order valence-corrected chi connectivity index (χ1v) is 8.08. The molecule has 2 aromatic rings. The van der Waals surface area contributed by atoms with Crippen LogP contribution in [-0.4, -0.2) is 31.4 Å². The van der Waals surface area contributed by atoms with E-state index in [0.717, 1.165) is 18.6 Å². The predicted octanol–water partition coefficient (Wildman–Crippen LogP) is 3.33. The third-order valence-electron chi connectivity index (χ3n) is 3.98. The van der Waals surface area contributed by atoms with E-state index in [1.807, 2.05) is 31.1 Å². The van der Waals surface area contributed by atoms with Gasteiger partial charge < -0.3 is 9.73 Å². The molecule has 23 heavy (non-hydrogen) atoms. The maximum absolute atomic E-state index is 12.0. The number of hydrogen-bond donors (Lipinski definition) is 1. The van der Waals surface area contributed by atoms with Crippen molar-refractivity contribution >= 4 is 5.91 Å². The summed E-state index contributed by atoms with van der Waals surface area (Å²) < 4.78 is 5.44. The number of nitrogens with zero attached hydrogens (tertiary/aromatic N) is 1. The number of rotatable bonds is 8. The third-order valence-corrected chi connectivity index (χ3v) is 3.98. The Kier molecular flexibility index (Phi) is 6.41. The summed E-state index contributed by atoms with van der Waals surface area (Å²) >= 11 is 0. The SMILES string of the molecule is Cc1ccc(CCCC(=O)NCC(c2ccco2)N(C)C)cc1. The van der Waals surface area contributed by atoms with Gasteiger partial charge in [0.15, 0.2) is 0 Å². The van der Waals surface area contributed by atoms with E-state index in [9.17, 15) is 4.79 Å². The summed E-state index contributed by atoms with van der Waals surface area (Å²) in [7, 11) is 3.97. The lowest BCUT2D eigenvalue weighted by atomic mass is 10.1. The van der Waals surface area contributed by atoms with Gasteiger partial charge >= 0.3 is 0 Å². The van der Waals surface area contributed by atoms with Crippen LogP contribution in [0.15, 0.2) is 47.1 Å². The lowest BCUT2D eigenvalue weighted by Gasteiger charge is -2.22. The molecule has 0 spiro atoms. The number of amides is 1. The summed E-state index contributed by atoms with van der Waals surface area (Å²) in [6.07, 6.45) is 4.01. The molecular weight excluding hydrogens is 288 g/mol. The molecule has 1 amide bonds. The number of aryl methyl sites for hydroxylation is 2. The molecule has 0 radical (unpaired) electrons. The second-order valence-corrected chi connectivity index (χ2v) is 6.14. The topological polar surface area (TPSA) is 45.5 Å². The summed E-state index contributed by atoms with van der Waals surface area (Å²) in [4.78, 5) is 14.1. The summed E-state index contributed by atoms with van der Waals surface area (Å²) in [6.45, 7) is 2.64. The van der Waals surface area contributed by atoms with Crippen LogP contribution < -0.4 is 5.32 Å². The fraction of sp³-hybridized carbons (Fsp3) is 0.421. The minimum atomic E-state index is 0.0612. The van der Waals surface area contributed by atoms with Gasteiger partial charge in [-0.15, -0.1) is 0 Å². The molecule has 4 nitrogen and oxygen atoms in total. The predicted molar refractivity (Wildman–Crippen MR) is 92.3 cm³/mol. The van der Waals surface area contributed by atoms with E-state index in [-0.39, 0.29) is 11.9 Å². The van der Waals surface area contributed by atoms with Gasteiger partial charge in [-0.3, -0.25) is 9.69 Å². The van der Waals surface area contributed by atoms with Crippen molar-refractivity contribution in [3.05, 3.63) is 59.5 Å². The molecule has 0 saturated carbocycles. The molecular formula is C19H26N2O2. The van der Waals surface area contributed by atoms with Gasteiger partial charge in [0.25, 0.3) is 0 Å². The van der Waals surface area contributed by atoms with Crippen molar-refractivity contribution in [2.75, 3.05) is 20.6 Å². The van der Waals surface area contributed by atoms with E-state index in [4.69, 9.17) is 4.42 Å². The fourth-order valence-electron chi connectivity index (χ4n) is 2.53. The first-order valence-electron chi connectivity index (χ1n) is 8.08. The lowest BCUT2D eigenvalue weighted by Crippen LogP contribution is -2.34. The van der Waals surface area contributed by atoms with Crippen LogP contribution >= 0.6 is 0 Å². The van der Waals surface area contributed by atoms with Crippen LogP contribution in [0, 0.1) is 6.92 Å². The highest BCUT2D eigenvalue weighted by Crippen LogP contribution is 2.17. The van der Waals surface area contributed by atoms with Crippen molar-refractivity contribution in [1.29, 1.82) is 0 Å². The minimum absolute atomic E-state index is 0.0612. The summed E-state index contributed by atoms with van der Waals surface area (Å²) in [5.41, 5.74) is 2.55. The average molecular weight is 314 g/mol. The Morgan fingerprint density at radius 1 is 1.22 bits per heavy atom. The molecule has 0 bridgehead atoms. The van der Waals surface area contributed by atoms with Gasteiger partial charge in [-0.2, -0.15) is 0 Å². The molecule has 0 aliphatic heterocycles. The summed E-state index contributed by atoms with van der Waals surface area (Å²) in [5, 5.41) is 3.01. The standard InChI is InChI=1S/C19H26N2O2/c1-15-9-11-16(12-10-15)6-4-8-19(22)20-14-17(21(2)3)18-7-5-13-23-18/h5,7,9-13,17H,4,6,8,14H2,1-3H3,(H,20,22). The van der Waals surface area contributed by atoms with E-state index in [1.54, 1.807) is 6.26 Å². The molecule has 0 aliphatic rings. The van der Waals surface area contributed by atoms with Crippen molar-refractivity contribution in [3.63, 3.8) is 0 Å². The van der Waals surface area contributed by atoms with Crippen LogP contribution in [0.3, 0.4) is 0 Å². The molecule has 1 aromatic carbocycles. The number of benzene rings is 1. The number of furan rings is 1. The Morgan fingerprint density at radius 2 is 1.96 bits per heavy atom. The van der Waals surface area contributed by atoms with Crippen molar-refractivity contribution in [2.24, 2.45) is 0 Å². The molecule has 0 saturated heterocycles. The number of carbonyl (C=O) groups is 1. The van der Waals surface area contributed by atoms with Crippen molar-refractivity contribution in [1.82, 2.24) is 10.2 Å². The molecule has 1 aromatic heterocycles. The van der Waals surface area contributed by atoms with Gasteiger partial charge in [0, 0.05) is 13.0 Å². The molecule has 4 heteroatoms. The molecule has 1 atom stereocenters. The van der Waals surface area contributed by atoms with E-state index in [1.165, 1.54) is 11.1 Å². The van der Waals surface area contributed by atoms with Crippen LogP contribution in [-0.2, 0) is 11.2 Å². The zero-order chi connectivity index (χ0) is 16.7. The van der Waals surface area contributed by atoms with Crippen LogP contribution in [0.4, 0.5) is 0 Å². The van der Waals surface area contributed by atoms with E-state index in [0.29, 0.717) is 13.0 Å². The Bertz CT molecular complexity index is 588. The van der Waals surface area contributed by atoms with Gasteiger partial charge in [-0.05, 0) is 51.6 Å². The molecule has 1 unspecified atom stereocenters. The monoisotopic (exact) mass is 314 g/mol. The van der Waals surface area contributed by atoms with Gasteiger partial charge in [0.2, 0.25) is 5.91 Å². The van der Waals surface area contributed by atoms with E-state index in [2.05, 4.69) is 36.5 Å². The van der Waals surface area contributed by atoms with Crippen molar-refractivity contribution in [3.8, 4) is 0 Å². The first kappa shape index (κ1) is 17.3. The average Bonchev–Trinajstić information content (AvgIpc) is 3.03.